The summed E-state index contributed by atoms with van der Waals surface area (Å²) in [5.74, 6) is -1.67. The van der Waals surface area contributed by atoms with Crippen molar-refractivity contribution in [3.8, 4) is 0 Å². The van der Waals surface area contributed by atoms with Crippen molar-refractivity contribution in [3.05, 3.63) is 68.4 Å². The summed E-state index contributed by atoms with van der Waals surface area (Å²) in [6.07, 6.45) is -0.244. The topological polar surface area (TPSA) is 75.7 Å². The van der Waals surface area contributed by atoms with Crippen LogP contribution in [0, 0.1) is 3.57 Å². The zero-order chi connectivity index (χ0) is 20.4. The first-order valence-corrected chi connectivity index (χ1v) is 9.86. The number of carbonyl (C=O) groups is 3. The maximum absolute atomic E-state index is 12.8. The zero-order valence-corrected chi connectivity index (χ0v) is 17.9. The average Bonchev–Trinajstić information content (AvgIpc) is 2.86. The van der Waals surface area contributed by atoms with Gasteiger partial charge >= 0.3 is 5.97 Å². The Morgan fingerprint density at radius 2 is 1.64 bits per heavy atom. The molecule has 0 aromatic heterocycles. The lowest BCUT2D eigenvalue weighted by atomic mass is 10.2. The van der Waals surface area contributed by atoms with Gasteiger partial charge in [0.15, 0.2) is 0 Å². The van der Waals surface area contributed by atoms with Crippen molar-refractivity contribution >= 4 is 63.4 Å². The maximum atomic E-state index is 12.8. The largest absolute Gasteiger partial charge is 0.459 e. The Kier molecular flexibility index (Phi) is 6.04. The summed E-state index contributed by atoms with van der Waals surface area (Å²) in [5, 5.41) is 2.72. The number of anilines is 2. The predicted molar refractivity (Wildman–Crippen MR) is 115 cm³/mol. The van der Waals surface area contributed by atoms with Crippen molar-refractivity contribution in [3.63, 3.8) is 0 Å². The lowest BCUT2D eigenvalue weighted by Gasteiger charge is -2.16. The first-order valence-electron chi connectivity index (χ1n) is 8.40. The number of esters is 1. The van der Waals surface area contributed by atoms with E-state index < -0.39 is 17.8 Å². The number of benzene rings is 2. The van der Waals surface area contributed by atoms with E-state index >= 15 is 0 Å². The average molecular weight is 511 g/mol. The van der Waals surface area contributed by atoms with Crippen molar-refractivity contribution in [2.24, 2.45) is 0 Å². The van der Waals surface area contributed by atoms with E-state index in [2.05, 4.69) is 27.9 Å². The molecule has 2 aromatic rings. The number of halogens is 2. The van der Waals surface area contributed by atoms with Gasteiger partial charge in [-0.05, 0) is 85.0 Å². The summed E-state index contributed by atoms with van der Waals surface area (Å²) >= 11 is 8.29. The molecule has 0 radical (unpaired) electrons. The van der Waals surface area contributed by atoms with Crippen LogP contribution in [-0.2, 0) is 14.3 Å². The van der Waals surface area contributed by atoms with E-state index in [1.54, 1.807) is 26.0 Å². The first kappa shape index (κ1) is 20.3. The number of hydrogen-bond acceptors (Lipinski definition) is 5. The zero-order valence-electron chi connectivity index (χ0n) is 15.0. The van der Waals surface area contributed by atoms with Gasteiger partial charge in [-0.1, -0.05) is 11.6 Å². The van der Waals surface area contributed by atoms with E-state index in [1.807, 2.05) is 12.1 Å². The van der Waals surface area contributed by atoms with Crippen molar-refractivity contribution in [2.45, 2.75) is 20.0 Å². The Bertz CT molecular complexity index is 969. The summed E-state index contributed by atoms with van der Waals surface area (Å²) in [4.78, 5) is 38.2. The Morgan fingerprint density at radius 1 is 1.04 bits per heavy atom. The standard InChI is InChI=1S/C20H16ClIN2O4/c1-11(2)28-20(27)12-3-9-15(10-4-12)24-18(25)16(21)17(19(24)26)23-14-7-5-13(22)6-8-14/h3-11,23H,1-2H3. The molecule has 6 nitrogen and oxygen atoms in total. The second kappa shape index (κ2) is 8.32. The molecule has 0 fully saturated rings. The molecule has 1 N–H and O–H groups in total. The summed E-state index contributed by atoms with van der Waals surface area (Å²) < 4.78 is 6.16. The second-order valence-electron chi connectivity index (χ2n) is 6.27. The minimum Gasteiger partial charge on any atom is -0.459 e. The van der Waals surface area contributed by atoms with Crippen LogP contribution in [0.5, 0.6) is 0 Å². The molecule has 1 heterocycles. The Balaban J connectivity index is 1.81. The fourth-order valence-corrected chi connectivity index (χ4v) is 3.12. The van der Waals surface area contributed by atoms with Gasteiger partial charge in [0.25, 0.3) is 11.8 Å². The van der Waals surface area contributed by atoms with Crippen LogP contribution < -0.4 is 10.2 Å². The van der Waals surface area contributed by atoms with Gasteiger partial charge in [0.1, 0.15) is 10.7 Å². The van der Waals surface area contributed by atoms with Crippen molar-refractivity contribution in [2.75, 3.05) is 10.2 Å². The summed E-state index contributed by atoms with van der Waals surface area (Å²) in [6.45, 7) is 3.51. The van der Waals surface area contributed by atoms with Crippen LogP contribution >= 0.6 is 34.2 Å². The Morgan fingerprint density at radius 3 is 2.21 bits per heavy atom. The van der Waals surface area contributed by atoms with Crippen molar-refractivity contribution < 1.29 is 19.1 Å². The highest BCUT2D eigenvalue weighted by Gasteiger charge is 2.39. The number of carbonyl (C=O) groups excluding carboxylic acids is 3. The van der Waals surface area contributed by atoms with Gasteiger partial charge in [-0.2, -0.15) is 0 Å². The lowest BCUT2D eigenvalue weighted by Crippen LogP contribution is -2.32. The molecule has 2 aromatic carbocycles. The molecule has 0 unspecified atom stereocenters. The molecule has 0 saturated carbocycles. The molecule has 0 saturated heterocycles. The first-order chi connectivity index (χ1) is 13.3. The molecule has 0 aliphatic carbocycles. The van der Waals surface area contributed by atoms with E-state index in [9.17, 15) is 14.4 Å². The maximum Gasteiger partial charge on any atom is 0.338 e. The highest BCUT2D eigenvalue weighted by Crippen LogP contribution is 2.30. The molecule has 8 heteroatoms. The van der Waals surface area contributed by atoms with Gasteiger partial charge in [-0.25, -0.2) is 9.69 Å². The summed E-state index contributed by atoms with van der Waals surface area (Å²) in [6, 6.07) is 13.3. The van der Waals surface area contributed by atoms with Crippen LogP contribution in [0.1, 0.15) is 24.2 Å². The number of imide groups is 1. The molecule has 3 rings (SSSR count). The fraction of sp³-hybridized carbons (Fsp3) is 0.150. The normalized spacial score (nSPS) is 14.1. The van der Waals surface area contributed by atoms with Crippen LogP contribution in [0.15, 0.2) is 59.3 Å². The highest BCUT2D eigenvalue weighted by molar-refractivity contribution is 14.1. The second-order valence-corrected chi connectivity index (χ2v) is 7.89. The Labute approximate surface area is 180 Å². The lowest BCUT2D eigenvalue weighted by molar-refractivity contribution is -0.120. The van der Waals surface area contributed by atoms with Gasteiger partial charge in [0.05, 0.1) is 17.4 Å². The number of amides is 2. The number of hydrogen-bond donors (Lipinski definition) is 1. The van der Waals surface area contributed by atoms with E-state index in [0.717, 1.165) is 8.47 Å². The molecule has 28 heavy (non-hydrogen) atoms. The quantitative estimate of drug-likeness (QED) is 0.369. The number of ether oxygens (including phenoxy) is 1. The van der Waals surface area contributed by atoms with Gasteiger partial charge in [0, 0.05) is 9.26 Å². The van der Waals surface area contributed by atoms with E-state index in [-0.39, 0.29) is 16.8 Å². The molecule has 144 valence electrons. The van der Waals surface area contributed by atoms with E-state index in [4.69, 9.17) is 16.3 Å². The fourth-order valence-electron chi connectivity index (χ4n) is 2.55. The molecular formula is C20H16ClIN2O4. The molecular weight excluding hydrogens is 495 g/mol. The van der Waals surface area contributed by atoms with Crippen molar-refractivity contribution in [1.82, 2.24) is 0 Å². The minimum atomic E-state index is -0.628. The number of nitrogens with one attached hydrogen (secondary N) is 1. The minimum absolute atomic E-state index is 0.0103. The van der Waals surface area contributed by atoms with Gasteiger partial charge in [-0.15, -0.1) is 0 Å². The third-order valence-electron chi connectivity index (χ3n) is 3.84. The molecule has 0 bridgehead atoms. The SMILES string of the molecule is CC(C)OC(=O)c1ccc(N2C(=O)C(Cl)=C(Nc3ccc(I)cc3)C2=O)cc1. The summed E-state index contributed by atoms with van der Waals surface area (Å²) in [5.41, 5.74) is 1.29. The highest BCUT2D eigenvalue weighted by atomic mass is 127. The molecule has 2 amide bonds. The third-order valence-corrected chi connectivity index (χ3v) is 4.91. The number of rotatable bonds is 5. The smallest absolute Gasteiger partial charge is 0.338 e. The van der Waals surface area contributed by atoms with E-state index in [1.165, 1.54) is 24.3 Å². The molecule has 0 spiro atoms. The van der Waals surface area contributed by atoms with Gasteiger partial charge in [-0.3, -0.25) is 9.59 Å². The van der Waals surface area contributed by atoms with Crippen LogP contribution in [0.25, 0.3) is 0 Å². The predicted octanol–water partition coefficient (Wildman–Crippen LogP) is 4.29. The molecule has 1 aliphatic rings. The molecule has 0 atom stereocenters. The molecule has 1 aliphatic heterocycles. The van der Waals surface area contributed by atoms with Crippen LogP contribution in [0.3, 0.4) is 0 Å². The van der Waals surface area contributed by atoms with Gasteiger partial charge < -0.3 is 10.1 Å². The monoisotopic (exact) mass is 510 g/mol. The van der Waals surface area contributed by atoms with Crippen LogP contribution in [0.2, 0.25) is 0 Å². The Hall–Kier alpha value is -2.39. The van der Waals surface area contributed by atoms with Crippen LogP contribution in [-0.4, -0.2) is 23.9 Å². The van der Waals surface area contributed by atoms with Gasteiger partial charge in [0.2, 0.25) is 0 Å². The van der Waals surface area contributed by atoms with Crippen LogP contribution in [0.4, 0.5) is 11.4 Å². The number of nitrogens with zero attached hydrogens (tertiary/aromatic N) is 1. The summed E-state index contributed by atoms with van der Waals surface area (Å²) in [7, 11) is 0. The third kappa shape index (κ3) is 4.20. The van der Waals surface area contributed by atoms with E-state index in [0.29, 0.717) is 16.9 Å². The van der Waals surface area contributed by atoms with Crippen molar-refractivity contribution in [1.29, 1.82) is 0 Å².